The molecule has 0 saturated carbocycles. The molecular weight excluding hydrogens is 240 g/mol. The van der Waals surface area contributed by atoms with E-state index >= 15 is 0 Å². The Labute approximate surface area is 96.9 Å². The van der Waals surface area contributed by atoms with Gasteiger partial charge in [0.2, 0.25) is 0 Å². The third-order valence-corrected chi connectivity index (χ3v) is 4.16. The number of ether oxygens (including phenoxy) is 1. The summed E-state index contributed by atoms with van der Waals surface area (Å²) in [5, 5.41) is 0. The fraction of sp³-hybridized carbons (Fsp3) is 1.00. The highest BCUT2D eigenvalue weighted by molar-refractivity contribution is 7.87. The van der Waals surface area contributed by atoms with Crippen LogP contribution < -0.4 is 4.72 Å². The van der Waals surface area contributed by atoms with E-state index in [1.165, 1.54) is 18.5 Å². The quantitative estimate of drug-likeness (QED) is 0.673. The minimum absolute atomic E-state index is 0.0963. The van der Waals surface area contributed by atoms with E-state index in [1.54, 1.807) is 13.8 Å². The van der Waals surface area contributed by atoms with E-state index in [-0.39, 0.29) is 18.5 Å². The summed E-state index contributed by atoms with van der Waals surface area (Å²) in [4.78, 5) is 0. The highest BCUT2D eigenvalue weighted by Gasteiger charge is 2.23. The number of rotatable bonds is 7. The molecule has 0 spiro atoms. The van der Waals surface area contributed by atoms with Gasteiger partial charge in [0, 0.05) is 26.1 Å². The Bertz CT molecular complexity index is 269. The fourth-order valence-electron chi connectivity index (χ4n) is 0.883. The molecule has 0 radical (unpaired) electrons. The van der Waals surface area contributed by atoms with Gasteiger partial charge < -0.3 is 4.74 Å². The van der Waals surface area contributed by atoms with Crippen LogP contribution in [-0.4, -0.2) is 51.5 Å². The Morgan fingerprint density at radius 3 is 2.33 bits per heavy atom. The molecule has 0 aliphatic rings. The molecule has 0 saturated heterocycles. The minimum Gasteiger partial charge on any atom is -0.383 e. The zero-order chi connectivity index (χ0) is 12.1. The van der Waals surface area contributed by atoms with Crippen LogP contribution in [-0.2, 0) is 14.9 Å². The van der Waals surface area contributed by atoms with Crippen molar-refractivity contribution in [3.8, 4) is 0 Å². The van der Waals surface area contributed by atoms with Crippen LogP contribution >= 0.6 is 11.6 Å². The fourth-order valence-corrected chi connectivity index (χ4v) is 2.43. The van der Waals surface area contributed by atoms with Gasteiger partial charge in [-0.2, -0.15) is 17.4 Å². The zero-order valence-corrected chi connectivity index (χ0v) is 11.1. The van der Waals surface area contributed by atoms with Crippen molar-refractivity contribution < 1.29 is 13.2 Å². The molecule has 0 aromatic heterocycles. The standard InChI is InChI=1S/C8H19ClN2O3S/c1-7(2)11(3)15(12,13)10-8(5-9)6-14-4/h7-8,10H,5-6H2,1-4H3. The number of alkyl halides is 1. The summed E-state index contributed by atoms with van der Waals surface area (Å²) in [7, 11) is -0.455. The van der Waals surface area contributed by atoms with Crippen LogP contribution in [0.1, 0.15) is 13.8 Å². The second kappa shape index (κ2) is 6.65. The summed E-state index contributed by atoms with van der Waals surface area (Å²) in [6, 6.07) is -0.496. The van der Waals surface area contributed by atoms with Gasteiger partial charge in [-0.3, -0.25) is 0 Å². The zero-order valence-electron chi connectivity index (χ0n) is 9.53. The molecule has 1 atom stereocenters. The minimum atomic E-state index is -3.47. The summed E-state index contributed by atoms with van der Waals surface area (Å²) in [5.74, 6) is 0.180. The first-order chi connectivity index (χ1) is 6.85. The first kappa shape index (κ1) is 15.1. The predicted molar refractivity (Wildman–Crippen MR) is 61.3 cm³/mol. The highest BCUT2D eigenvalue weighted by atomic mass is 35.5. The number of hydrogen-bond donors (Lipinski definition) is 1. The SMILES string of the molecule is COCC(CCl)NS(=O)(=O)N(C)C(C)C. The van der Waals surface area contributed by atoms with Gasteiger partial charge >= 0.3 is 0 Å². The molecule has 0 fully saturated rings. The predicted octanol–water partition coefficient (Wildman–Crippen LogP) is 0.415. The Morgan fingerprint density at radius 1 is 1.47 bits per heavy atom. The lowest BCUT2D eigenvalue weighted by Crippen LogP contribution is -2.48. The maximum Gasteiger partial charge on any atom is 0.279 e. The van der Waals surface area contributed by atoms with Crippen LogP contribution in [0, 0.1) is 0 Å². The van der Waals surface area contributed by atoms with E-state index in [9.17, 15) is 8.42 Å². The first-order valence-corrected chi connectivity index (χ1v) is 6.62. The smallest absolute Gasteiger partial charge is 0.279 e. The van der Waals surface area contributed by atoms with Crippen LogP contribution in [0.4, 0.5) is 0 Å². The van der Waals surface area contributed by atoms with Gasteiger partial charge in [0.25, 0.3) is 10.2 Å². The number of nitrogens with one attached hydrogen (secondary N) is 1. The number of methoxy groups -OCH3 is 1. The van der Waals surface area contributed by atoms with E-state index in [2.05, 4.69) is 4.72 Å². The second-order valence-corrected chi connectivity index (χ2v) is 5.61. The molecule has 0 rings (SSSR count). The highest BCUT2D eigenvalue weighted by Crippen LogP contribution is 2.03. The van der Waals surface area contributed by atoms with Crippen molar-refractivity contribution in [2.45, 2.75) is 25.9 Å². The van der Waals surface area contributed by atoms with Gasteiger partial charge in [0.05, 0.1) is 12.6 Å². The van der Waals surface area contributed by atoms with Crippen molar-refractivity contribution in [1.29, 1.82) is 0 Å². The van der Waals surface area contributed by atoms with Crippen molar-refractivity contribution >= 4 is 21.8 Å². The molecule has 0 heterocycles. The van der Waals surface area contributed by atoms with Crippen LogP contribution in [0.2, 0.25) is 0 Å². The van der Waals surface area contributed by atoms with Crippen molar-refractivity contribution in [3.63, 3.8) is 0 Å². The lowest BCUT2D eigenvalue weighted by Gasteiger charge is -2.24. The van der Waals surface area contributed by atoms with Gasteiger partial charge in [-0.05, 0) is 13.8 Å². The van der Waals surface area contributed by atoms with Crippen molar-refractivity contribution in [1.82, 2.24) is 9.03 Å². The molecule has 5 nitrogen and oxygen atoms in total. The van der Waals surface area contributed by atoms with Gasteiger partial charge in [0.15, 0.2) is 0 Å². The van der Waals surface area contributed by atoms with E-state index in [0.29, 0.717) is 0 Å². The largest absolute Gasteiger partial charge is 0.383 e. The van der Waals surface area contributed by atoms with Gasteiger partial charge in [-0.15, -0.1) is 11.6 Å². The lowest BCUT2D eigenvalue weighted by molar-refractivity contribution is 0.180. The molecule has 0 aliphatic heterocycles. The van der Waals surface area contributed by atoms with E-state index in [0.717, 1.165) is 0 Å². The van der Waals surface area contributed by atoms with Crippen molar-refractivity contribution in [2.24, 2.45) is 0 Å². The molecule has 1 unspecified atom stereocenters. The molecule has 92 valence electrons. The van der Waals surface area contributed by atoms with Crippen LogP contribution in [0.15, 0.2) is 0 Å². The molecule has 1 N–H and O–H groups in total. The first-order valence-electron chi connectivity index (χ1n) is 4.65. The van der Waals surface area contributed by atoms with E-state index in [4.69, 9.17) is 16.3 Å². The number of nitrogens with zero attached hydrogens (tertiary/aromatic N) is 1. The summed E-state index contributed by atoms with van der Waals surface area (Å²) < 4.78 is 32.0. The molecule has 0 amide bonds. The molecule has 15 heavy (non-hydrogen) atoms. The van der Waals surface area contributed by atoms with Crippen molar-refractivity contribution in [3.05, 3.63) is 0 Å². The Hall–Kier alpha value is 0.120. The summed E-state index contributed by atoms with van der Waals surface area (Å²) in [5.41, 5.74) is 0. The Morgan fingerprint density at radius 2 is 2.00 bits per heavy atom. The molecule has 0 aromatic rings. The number of halogens is 1. The van der Waals surface area contributed by atoms with Crippen molar-refractivity contribution in [2.75, 3.05) is 26.6 Å². The van der Waals surface area contributed by atoms with E-state index in [1.807, 2.05) is 0 Å². The van der Waals surface area contributed by atoms with Gasteiger partial charge in [-0.25, -0.2) is 0 Å². The third kappa shape index (κ3) is 5.12. The molecule has 7 heteroatoms. The maximum atomic E-state index is 11.7. The third-order valence-electron chi connectivity index (χ3n) is 1.98. The average molecular weight is 259 g/mol. The average Bonchev–Trinajstić information content (AvgIpc) is 2.15. The summed E-state index contributed by atoms with van der Waals surface area (Å²) >= 11 is 5.61. The maximum absolute atomic E-state index is 11.7. The Kier molecular flexibility index (Phi) is 6.70. The summed E-state index contributed by atoms with van der Waals surface area (Å²) in [6.07, 6.45) is 0. The van der Waals surface area contributed by atoms with Crippen LogP contribution in [0.25, 0.3) is 0 Å². The van der Waals surface area contributed by atoms with Gasteiger partial charge in [-0.1, -0.05) is 0 Å². The van der Waals surface area contributed by atoms with Gasteiger partial charge in [0.1, 0.15) is 0 Å². The second-order valence-electron chi connectivity index (χ2n) is 3.54. The normalized spacial score (nSPS) is 14.9. The van der Waals surface area contributed by atoms with E-state index < -0.39 is 16.3 Å². The monoisotopic (exact) mass is 258 g/mol. The topological polar surface area (TPSA) is 58.6 Å². The van der Waals surface area contributed by atoms with Crippen LogP contribution in [0.5, 0.6) is 0 Å². The molecule has 0 bridgehead atoms. The van der Waals surface area contributed by atoms with Crippen LogP contribution in [0.3, 0.4) is 0 Å². The number of hydrogen-bond acceptors (Lipinski definition) is 3. The summed E-state index contributed by atoms with van der Waals surface area (Å²) in [6.45, 7) is 3.85. The Balaban J connectivity index is 4.48. The molecule has 0 aromatic carbocycles. The molecule has 0 aliphatic carbocycles. The lowest BCUT2D eigenvalue weighted by atomic mass is 10.4. The molecular formula is C8H19ClN2O3S.